The summed E-state index contributed by atoms with van der Waals surface area (Å²) in [4.78, 5) is 13.6. The highest BCUT2D eigenvalue weighted by Crippen LogP contribution is 2.45. The van der Waals surface area contributed by atoms with Crippen molar-refractivity contribution in [1.29, 1.82) is 0 Å². The number of halogens is 2. The third-order valence-corrected chi connectivity index (χ3v) is 6.55. The summed E-state index contributed by atoms with van der Waals surface area (Å²) in [5.41, 5.74) is 1.64. The summed E-state index contributed by atoms with van der Waals surface area (Å²) in [7, 11) is 0. The lowest BCUT2D eigenvalue weighted by molar-refractivity contribution is -0.115. The molecular weight excluding hydrogens is 428 g/mol. The fourth-order valence-corrected chi connectivity index (χ4v) is 4.48. The van der Waals surface area contributed by atoms with Gasteiger partial charge in [-0.25, -0.2) is 8.78 Å². The summed E-state index contributed by atoms with van der Waals surface area (Å²) in [5, 5.41) is 2.90. The minimum absolute atomic E-state index is 0.0909. The molecule has 1 fully saturated rings. The van der Waals surface area contributed by atoms with Gasteiger partial charge in [-0.2, -0.15) is 0 Å². The Morgan fingerprint density at radius 3 is 2.31 bits per heavy atom. The van der Waals surface area contributed by atoms with Gasteiger partial charge in [0.25, 0.3) is 0 Å². The van der Waals surface area contributed by atoms with Crippen LogP contribution in [0.15, 0.2) is 71.6 Å². The minimum atomic E-state index is -0.866. The van der Waals surface area contributed by atoms with Gasteiger partial charge < -0.3 is 10.1 Å². The average molecular weight is 454 g/mol. The number of thioether (sulfide) groups is 1. The molecule has 0 radical (unpaired) electrons. The molecular formula is C26H25F2NO2S. The second-order valence-electron chi connectivity index (χ2n) is 7.91. The Morgan fingerprint density at radius 2 is 1.72 bits per heavy atom. The number of nitrogens with one attached hydrogen (secondary N) is 1. The highest BCUT2D eigenvalue weighted by Gasteiger charge is 2.41. The maximum absolute atomic E-state index is 13.7. The molecule has 0 heterocycles. The molecule has 3 nitrogen and oxygen atoms in total. The van der Waals surface area contributed by atoms with E-state index in [9.17, 15) is 13.6 Å². The van der Waals surface area contributed by atoms with E-state index in [1.807, 2.05) is 24.3 Å². The molecule has 0 unspecified atom stereocenters. The molecule has 1 aliphatic carbocycles. The molecule has 6 heteroatoms. The standard InChI is InChI=1S/C26H25F2NO2S/c1-2-32-22-11-4-18(5-12-22)16-25(30)29-20-7-9-21(10-8-20)31-26(14-3-15-26)19-6-13-23(27)24(28)17-19/h4-13,17H,2-3,14-16H2,1H3,(H,29,30). The first-order valence-electron chi connectivity index (χ1n) is 10.7. The molecule has 0 aromatic heterocycles. The van der Waals surface area contributed by atoms with E-state index in [0.29, 0.717) is 23.4 Å². The first-order chi connectivity index (χ1) is 15.5. The van der Waals surface area contributed by atoms with E-state index in [1.165, 1.54) is 11.0 Å². The number of benzene rings is 3. The van der Waals surface area contributed by atoms with Crippen molar-refractivity contribution >= 4 is 23.4 Å². The van der Waals surface area contributed by atoms with Gasteiger partial charge >= 0.3 is 0 Å². The molecule has 0 spiro atoms. The van der Waals surface area contributed by atoms with E-state index in [4.69, 9.17) is 4.74 Å². The van der Waals surface area contributed by atoms with Crippen LogP contribution in [0.3, 0.4) is 0 Å². The zero-order valence-electron chi connectivity index (χ0n) is 17.9. The molecule has 1 N–H and O–H groups in total. The van der Waals surface area contributed by atoms with E-state index >= 15 is 0 Å². The molecule has 166 valence electrons. The van der Waals surface area contributed by atoms with Crippen molar-refractivity contribution in [2.24, 2.45) is 0 Å². The van der Waals surface area contributed by atoms with Gasteiger partial charge in [0.15, 0.2) is 11.6 Å². The number of hydrogen-bond donors (Lipinski definition) is 1. The van der Waals surface area contributed by atoms with Gasteiger partial charge in [-0.05, 0) is 84.7 Å². The number of ether oxygens (including phenoxy) is 1. The SMILES string of the molecule is CCSc1ccc(CC(=O)Nc2ccc(OC3(c4ccc(F)c(F)c4)CCC3)cc2)cc1. The molecule has 1 saturated carbocycles. The van der Waals surface area contributed by atoms with Crippen LogP contribution in [0.2, 0.25) is 0 Å². The Hall–Kier alpha value is -2.86. The van der Waals surface area contributed by atoms with Gasteiger partial charge in [-0.3, -0.25) is 4.79 Å². The van der Waals surface area contributed by atoms with Crippen molar-refractivity contribution in [3.05, 3.63) is 89.5 Å². The van der Waals surface area contributed by atoms with Gasteiger partial charge in [0.2, 0.25) is 5.91 Å². The van der Waals surface area contributed by atoms with Crippen LogP contribution in [0, 0.1) is 11.6 Å². The molecule has 3 aromatic rings. The van der Waals surface area contributed by atoms with Gasteiger partial charge in [0.05, 0.1) is 6.42 Å². The Balaban J connectivity index is 1.37. The lowest BCUT2D eigenvalue weighted by Crippen LogP contribution is -2.40. The van der Waals surface area contributed by atoms with E-state index in [1.54, 1.807) is 42.1 Å². The lowest BCUT2D eigenvalue weighted by Gasteiger charge is -2.42. The van der Waals surface area contributed by atoms with Gasteiger partial charge in [-0.1, -0.05) is 25.1 Å². The highest BCUT2D eigenvalue weighted by atomic mass is 32.2. The molecule has 32 heavy (non-hydrogen) atoms. The number of carbonyl (C=O) groups excluding carboxylic acids is 1. The molecule has 3 aromatic carbocycles. The monoisotopic (exact) mass is 453 g/mol. The topological polar surface area (TPSA) is 38.3 Å². The van der Waals surface area contributed by atoms with Crippen LogP contribution in [-0.4, -0.2) is 11.7 Å². The Morgan fingerprint density at radius 1 is 1.00 bits per heavy atom. The zero-order valence-corrected chi connectivity index (χ0v) is 18.7. The van der Waals surface area contributed by atoms with Crippen molar-refractivity contribution in [3.8, 4) is 5.75 Å². The van der Waals surface area contributed by atoms with Crippen molar-refractivity contribution in [1.82, 2.24) is 0 Å². The highest BCUT2D eigenvalue weighted by molar-refractivity contribution is 7.99. The van der Waals surface area contributed by atoms with Crippen LogP contribution in [0.4, 0.5) is 14.5 Å². The maximum atomic E-state index is 13.7. The van der Waals surface area contributed by atoms with Gasteiger partial charge in [0, 0.05) is 10.6 Å². The minimum Gasteiger partial charge on any atom is -0.483 e. The van der Waals surface area contributed by atoms with Crippen molar-refractivity contribution < 1.29 is 18.3 Å². The van der Waals surface area contributed by atoms with E-state index in [-0.39, 0.29) is 5.91 Å². The van der Waals surface area contributed by atoms with Gasteiger partial charge in [0.1, 0.15) is 11.4 Å². The van der Waals surface area contributed by atoms with Crippen LogP contribution in [0.25, 0.3) is 0 Å². The lowest BCUT2D eigenvalue weighted by atomic mass is 9.74. The summed E-state index contributed by atoms with van der Waals surface area (Å²) in [6.45, 7) is 2.11. The molecule has 0 bridgehead atoms. The maximum Gasteiger partial charge on any atom is 0.228 e. The number of rotatable bonds is 8. The van der Waals surface area contributed by atoms with E-state index in [0.717, 1.165) is 36.6 Å². The molecule has 1 aliphatic rings. The van der Waals surface area contributed by atoms with Crippen LogP contribution in [0.5, 0.6) is 5.75 Å². The molecule has 4 rings (SSSR count). The largest absolute Gasteiger partial charge is 0.483 e. The third-order valence-electron chi connectivity index (χ3n) is 5.66. The van der Waals surface area contributed by atoms with Crippen molar-refractivity contribution in [2.75, 3.05) is 11.1 Å². The fourth-order valence-electron chi connectivity index (χ4n) is 3.82. The van der Waals surface area contributed by atoms with Crippen LogP contribution in [0.1, 0.15) is 37.3 Å². The van der Waals surface area contributed by atoms with E-state index < -0.39 is 17.2 Å². The number of hydrogen-bond acceptors (Lipinski definition) is 3. The number of amides is 1. The predicted octanol–water partition coefficient (Wildman–Crippen LogP) is 6.72. The first-order valence-corrected chi connectivity index (χ1v) is 11.7. The zero-order chi connectivity index (χ0) is 22.6. The summed E-state index contributed by atoms with van der Waals surface area (Å²) < 4.78 is 33.2. The normalized spacial score (nSPS) is 14.5. The van der Waals surface area contributed by atoms with Crippen molar-refractivity contribution in [3.63, 3.8) is 0 Å². The molecule has 0 saturated heterocycles. The second kappa shape index (κ2) is 9.74. The average Bonchev–Trinajstić information content (AvgIpc) is 2.75. The summed E-state index contributed by atoms with van der Waals surface area (Å²) >= 11 is 1.77. The fraction of sp³-hybridized carbons (Fsp3) is 0.269. The Labute approximate surface area is 191 Å². The predicted molar refractivity (Wildman–Crippen MR) is 124 cm³/mol. The molecule has 1 amide bonds. The van der Waals surface area contributed by atoms with E-state index in [2.05, 4.69) is 12.2 Å². The van der Waals surface area contributed by atoms with Gasteiger partial charge in [-0.15, -0.1) is 11.8 Å². The van der Waals surface area contributed by atoms with Crippen LogP contribution in [-0.2, 0) is 16.8 Å². The number of carbonyl (C=O) groups is 1. The number of anilines is 1. The van der Waals surface area contributed by atoms with Crippen molar-refractivity contribution in [2.45, 2.75) is 43.1 Å². The van der Waals surface area contributed by atoms with Crippen LogP contribution >= 0.6 is 11.8 Å². The summed E-state index contributed by atoms with van der Waals surface area (Å²) in [6.07, 6.45) is 2.75. The Bertz CT molecular complexity index is 1080. The quantitative estimate of drug-likeness (QED) is 0.385. The smallest absolute Gasteiger partial charge is 0.228 e. The van der Waals surface area contributed by atoms with Crippen LogP contribution < -0.4 is 10.1 Å². The first kappa shape index (κ1) is 22.3. The second-order valence-corrected chi connectivity index (χ2v) is 9.24. The Kier molecular flexibility index (Phi) is 6.80. The molecule has 0 atom stereocenters. The summed E-state index contributed by atoms with van der Waals surface area (Å²) in [5.74, 6) is -0.182. The molecule has 0 aliphatic heterocycles. The summed E-state index contributed by atoms with van der Waals surface area (Å²) in [6, 6.07) is 19.1. The third kappa shape index (κ3) is 5.13.